The number of hydrogen-bond acceptors (Lipinski definition) is 6. The molecule has 7 nitrogen and oxygen atoms in total. The summed E-state index contributed by atoms with van der Waals surface area (Å²) in [6.45, 7) is 3.10. The van der Waals surface area contributed by atoms with Crippen molar-refractivity contribution in [3.63, 3.8) is 0 Å². The van der Waals surface area contributed by atoms with Crippen LogP contribution in [-0.2, 0) is 19.1 Å². The summed E-state index contributed by atoms with van der Waals surface area (Å²) in [5, 5.41) is 0. The molecule has 1 aromatic rings. The van der Waals surface area contributed by atoms with Crippen LogP contribution in [0.5, 0.6) is 11.5 Å². The highest BCUT2D eigenvalue weighted by molar-refractivity contribution is 5.82. The predicted octanol–water partition coefficient (Wildman–Crippen LogP) is 1.89. The first-order valence-electron chi connectivity index (χ1n) is 8.29. The third-order valence-corrected chi connectivity index (χ3v) is 3.41. The van der Waals surface area contributed by atoms with Gasteiger partial charge in [0.1, 0.15) is 18.0 Å². The van der Waals surface area contributed by atoms with E-state index in [9.17, 15) is 9.59 Å². The maximum atomic E-state index is 12.3. The zero-order valence-electron chi connectivity index (χ0n) is 15.2. The molecule has 1 rings (SSSR count). The zero-order chi connectivity index (χ0) is 18.5. The molecule has 0 N–H and O–H groups in total. The van der Waals surface area contributed by atoms with Crippen LogP contribution in [0.25, 0.3) is 0 Å². The van der Waals surface area contributed by atoms with Crippen molar-refractivity contribution in [2.24, 2.45) is 0 Å². The van der Waals surface area contributed by atoms with E-state index >= 15 is 0 Å². The topological polar surface area (TPSA) is 74.3 Å². The number of benzene rings is 1. The van der Waals surface area contributed by atoms with Crippen molar-refractivity contribution in [1.29, 1.82) is 0 Å². The minimum atomic E-state index is -0.415. The standard InChI is InChI=1S/C18H27NO6/c1-4-24-18(21)14-19(11-13-22-2)17(20)6-5-12-25-16-9-7-15(23-3)8-10-16/h7-10H,4-6,11-14H2,1-3H3. The SMILES string of the molecule is CCOC(=O)CN(CCOC)C(=O)CCCOc1ccc(OC)cc1. The van der Waals surface area contributed by atoms with Crippen LogP contribution in [0.2, 0.25) is 0 Å². The fourth-order valence-electron chi connectivity index (χ4n) is 2.10. The predicted molar refractivity (Wildman–Crippen MR) is 92.8 cm³/mol. The molecule has 1 aromatic carbocycles. The van der Waals surface area contributed by atoms with Gasteiger partial charge < -0.3 is 23.8 Å². The van der Waals surface area contributed by atoms with Crippen molar-refractivity contribution in [2.75, 3.05) is 47.1 Å². The van der Waals surface area contributed by atoms with Crippen LogP contribution in [0.3, 0.4) is 0 Å². The smallest absolute Gasteiger partial charge is 0.325 e. The molecule has 140 valence electrons. The average molecular weight is 353 g/mol. The van der Waals surface area contributed by atoms with Crippen molar-refractivity contribution >= 4 is 11.9 Å². The van der Waals surface area contributed by atoms with Crippen molar-refractivity contribution in [3.05, 3.63) is 24.3 Å². The summed E-state index contributed by atoms with van der Waals surface area (Å²) in [5.74, 6) is 0.941. The first kappa shape index (κ1) is 20.8. The van der Waals surface area contributed by atoms with Gasteiger partial charge in [0.05, 0.1) is 26.9 Å². The molecule has 25 heavy (non-hydrogen) atoms. The summed E-state index contributed by atoms with van der Waals surface area (Å²) >= 11 is 0. The van der Waals surface area contributed by atoms with E-state index < -0.39 is 5.97 Å². The first-order chi connectivity index (χ1) is 12.1. The fraction of sp³-hybridized carbons (Fsp3) is 0.556. The number of ether oxygens (including phenoxy) is 4. The largest absolute Gasteiger partial charge is 0.497 e. The molecule has 0 unspecified atom stereocenters. The Morgan fingerprint density at radius 2 is 1.72 bits per heavy atom. The second kappa shape index (κ2) is 12.1. The zero-order valence-corrected chi connectivity index (χ0v) is 15.2. The quantitative estimate of drug-likeness (QED) is 0.422. The summed E-state index contributed by atoms with van der Waals surface area (Å²) in [7, 11) is 3.16. The number of nitrogens with zero attached hydrogens (tertiary/aromatic N) is 1. The van der Waals surface area contributed by atoms with E-state index in [2.05, 4.69) is 0 Å². The molecule has 7 heteroatoms. The van der Waals surface area contributed by atoms with E-state index in [1.165, 1.54) is 4.90 Å². The molecule has 0 aliphatic rings. The minimum Gasteiger partial charge on any atom is -0.497 e. The van der Waals surface area contributed by atoms with Gasteiger partial charge >= 0.3 is 5.97 Å². The fourth-order valence-corrected chi connectivity index (χ4v) is 2.10. The summed E-state index contributed by atoms with van der Waals surface area (Å²) < 4.78 is 20.6. The molecule has 0 bridgehead atoms. The van der Waals surface area contributed by atoms with Gasteiger partial charge in [0.15, 0.2) is 0 Å². The summed E-state index contributed by atoms with van der Waals surface area (Å²) in [4.78, 5) is 25.3. The highest BCUT2D eigenvalue weighted by atomic mass is 16.5. The van der Waals surface area contributed by atoms with E-state index in [1.807, 2.05) is 24.3 Å². The van der Waals surface area contributed by atoms with Crippen molar-refractivity contribution in [1.82, 2.24) is 4.90 Å². The molecule has 0 fully saturated rings. The van der Waals surface area contributed by atoms with Gasteiger partial charge in [0.2, 0.25) is 5.91 Å². The molecule has 0 saturated carbocycles. The van der Waals surface area contributed by atoms with Gasteiger partial charge in [-0.1, -0.05) is 0 Å². The Morgan fingerprint density at radius 3 is 2.32 bits per heavy atom. The lowest BCUT2D eigenvalue weighted by atomic mass is 10.2. The highest BCUT2D eigenvalue weighted by Crippen LogP contribution is 2.17. The normalized spacial score (nSPS) is 10.2. The second-order valence-electron chi connectivity index (χ2n) is 5.24. The highest BCUT2D eigenvalue weighted by Gasteiger charge is 2.17. The molecule has 0 aliphatic heterocycles. The summed E-state index contributed by atoms with van der Waals surface area (Å²) in [6, 6.07) is 7.25. The van der Waals surface area contributed by atoms with E-state index in [1.54, 1.807) is 21.1 Å². The number of methoxy groups -OCH3 is 2. The number of carbonyl (C=O) groups is 2. The number of carbonyl (C=O) groups excluding carboxylic acids is 2. The number of amides is 1. The molecular weight excluding hydrogens is 326 g/mol. The van der Waals surface area contributed by atoms with Gasteiger partial charge in [-0.05, 0) is 37.6 Å². The maximum Gasteiger partial charge on any atom is 0.325 e. The maximum absolute atomic E-state index is 12.3. The Labute approximate surface area is 148 Å². The third-order valence-electron chi connectivity index (χ3n) is 3.41. The van der Waals surface area contributed by atoms with Crippen LogP contribution in [0, 0.1) is 0 Å². The van der Waals surface area contributed by atoms with Crippen molar-refractivity contribution in [3.8, 4) is 11.5 Å². The lowest BCUT2D eigenvalue weighted by Gasteiger charge is -2.21. The van der Waals surface area contributed by atoms with Gasteiger partial charge in [0, 0.05) is 20.1 Å². The monoisotopic (exact) mass is 353 g/mol. The van der Waals surface area contributed by atoms with E-state index in [4.69, 9.17) is 18.9 Å². The van der Waals surface area contributed by atoms with Gasteiger partial charge in [-0.2, -0.15) is 0 Å². The molecular formula is C18H27NO6. The Hall–Kier alpha value is -2.28. The number of hydrogen-bond donors (Lipinski definition) is 0. The molecule has 0 heterocycles. The number of rotatable bonds is 12. The molecule has 0 aromatic heterocycles. The molecule has 1 amide bonds. The average Bonchev–Trinajstić information content (AvgIpc) is 2.62. The minimum absolute atomic E-state index is 0.0601. The van der Waals surface area contributed by atoms with Crippen LogP contribution in [0.15, 0.2) is 24.3 Å². The Balaban J connectivity index is 2.37. The van der Waals surface area contributed by atoms with Gasteiger partial charge in [-0.15, -0.1) is 0 Å². The van der Waals surface area contributed by atoms with E-state index in [0.29, 0.717) is 39.2 Å². The Morgan fingerprint density at radius 1 is 1.04 bits per heavy atom. The van der Waals surface area contributed by atoms with Gasteiger partial charge in [0.25, 0.3) is 0 Å². The van der Waals surface area contributed by atoms with Crippen LogP contribution in [-0.4, -0.2) is 63.9 Å². The van der Waals surface area contributed by atoms with Crippen LogP contribution < -0.4 is 9.47 Å². The molecule has 0 atom stereocenters. The van der Waals surface area contributed by atoms with Crippen LogP contribution in [0.4, 0.5) is 0 Å². The van der Waals surface area contributed by atoms with E-state index in [0.717, 1.165) is 11.5 Å². The second-order valence-corrected chi connectivity index (χ2v) is 5.24. The third kappa shape index (κ3) is 8.39. The molecule has 0 saturated heterocycles. The van der Waals surface area contributed by atoms with E-state index in [-0.39, 0.29) is 12.5 Å². The Kier molecular flexibility index (Phi) is 10.1. The van der Waals surface area contributed by atoms with Crippen LogP contribution in [0.1, 0.15) is 19.8 Å². The Bertz CT molecular complexity index is 517. The molecule has 0 aliphatic carbocycles. The lowest BCUT2D eigenvalue weighted by molar-refractivity contribution is -0.149. The lowest BCUT2D eigenvalue weighted by Crippen LogP contribution is -2.38. The summed E-state index contributed by atoms with van der Waals surface area (Å²) in [5.41, 5.74) is 0. The van der Waals surface area contributed by atoms with Crippen molar-refractivity contribution in [2.45, 2.75) is 19.8 Å². The molecule has 0 radical (unpaired) electrons. The van der Waals surface area contributed by atoms with Crippen molar-refractivity contribution < 1.29 is 28.5 Å². The summed E-state index contributed by atoms with van der Waals surface area (Å²) in [6.07, 6.45) is 0.844. The molecule has 0 spiro atoms. The van der Waals surface area contributed by atoms with Gasteiger partial charge in [-0.3, -0.25) is 9.59 Å². The van der Waals surface area contributed by atoms with Gasteiger partial charge in [-0.25, -0.2) is 0 Å². The van der Waals surface area contributed by atoms with Crippen LogP contribution >= 0.6 is 0 Å². The first-order valence-corrected chi connectivity index (χ1v) is 8.29. The number of esters is 1.